The summed E-state index contributed by atoms with van der Waals surface area (Å²) in [5.41, 5.74) is -0.179. The van der Waals surface area contributed by atoms with Gasteiger partial charge in [-0.3, -0.25) is 19.8 Å². The molecule has 84 valence electrons. The summed E-state index contributed by atoms with van der Waals surface area (Å²) in [5.74, 6) is -0.164. The van der Waals surface area contributed by atoms with E-state index in [-0.39, 0.29) is 35.8 Å². The average molecular weight is 242 g/mol. The van der Waals surface area contributed by atoms with Gasteiger partial charge in [-0.05, 0) is 6.07 Å². The van der Waals surface area contributed by atoms with E-state index in [4.69, 9.17) is 11.6 Å². The fourth-order valence-electron chi connectivity index (χ4n) is 1.61. The monoisotopic (exact) mass is 241 g/mol. The lowest BCUT2D eigenvalue weighted by molar-refractivity contribution is -0.384. The van der Waals surface area contributed by atoms with Crippen molar-refractivity contribution in [1.29, 1.82) is 0 Å². The molecule has 2 rings (SSSR count). The van der Waals surface area contributed by atoms with Crippen LogP contribution in [0.25, 0.3) is 0 Å². The fourth-order valence-corrected chi connectivity index (χ4v) is 1.88. The maximum Gasteiger partial charge on any atom is 0.312 e. The number of nitrogens with zero attached hydrogens (tertiary/aromatic N) is 3. The van der Waals surface area contributed by atoms with Gasteiger partial charge in [-0.25, -0.2) is 4.98 Å². The predicted molar refractivity (Wildman–Crippen MR) is 57.5 cm³/mol. The summed E-state index contributed by atoms with van der Waals surface area (Å²) in [7, 11) is 0. The molecule has 1 fully saturated rings. The van der Waals surface area contributed by atoms with Crippen LogP contribution in [0.3, 0.4) is 0 Å². The number of hydrogen-bond acceptors (Lipinski definition) is 4. The van der Waals surface area contributed by atoms with Gasteiger partial charge in [0.1, 0.15) is 0 Å². The summed E-state index contributed by atoms with van der Waals surface area (Å²) in [4.78, 5) is 26.9. The molecule has 0 aromatic carbocycles. The van der Waals surface area contributed by atoms with Gasteiger partial charge >= 0.3 is 5.69 Å². The third kappa shape index (κ3) is 1.83. The number of carbonyl (C=O) groups excluding carboxylic acids is 1. The summed E-state index contributed by atoms with van der Waals surface area (Å²) < 4.78 is 0. The van der Waals surface area contributed by atoms with Crippen LogP contribution in [0.4, 0.5) is 11.5 Å². The van der Waals surface area contributed by atoms with Crippen molar-refractivity contribution >= 4 is 29.0 Å². The highest BCUT2D eigenvalue weighted by Crippen LogP contribution is 2.29. The number of pyridine rings is 1. The van der Waals surface area contributed by atoms with Crippen LogP contribution in [0.5, 0.6) is 0 Å². The molecule has 1 aliphatic rings. The van der Waals surface area contributed by atoms with E-state index in [1.165, 1.54) is 23.2 Å². The van der Waals surface area contributed by atoms with Crippen LogP contribution >= 0.6 is 11.6 Å². The van der Waals surface area contributed by atoms with E-state index in [0.717, 1.165) is 0 Å². The highest BCUT2D eigenvalue weighted by atomic mass is 35.5. The van der Waals surface area contributed by atoms with E-state index in [1.54, 1.807) is 0 Å². The first-order valence-corrected chi connectivity index (χ1v) is 5.07. The normalized spacial score (nSPS) is 20.2. The van der Waals surface area contributed by atoms with Crippen LogP contribution in [0.1, 0.15) is 6.42 Å². The third-order valence-electron chi connectivity index (χ3n) is 2.30. The SMILES string of the molecule is O=C1CC(Cl)CN1c1ncccc1[N+](=O)[O-]. The van der Waals surface area contributed by atoms with Gasteiger partial charge in [-0.15, -0.1) is 11.6 Å². The molecule has 7 heteroatoms. The van der Waals surface area contributed by atoms with Gasteiger partial charge in [0.15, 0.2) is 0 Å². The number of nitro groups is 1. The molecule has 1 unspecified atom stereocenters. The maximum atomic E-state index is 11.5. The van der Waals surface area contributed by atoms with Gasteiger partial charge in [0.05, 0.1) is 10.3 Å². The van der Waals surface area contributed by atoms with Crippen molar-refractivity contribution in [2.75, 3.05) is 11.4 Å². The molecule has 1 saturated heterocycles. The van der Waals surface area contributed by atoms with E-state index in [0.29, 0.717) is 0 Å². The summed E-state index contributed by atoms with van der Waals surface area (Å²) in [6.45, 7) is 0.262. The lowest BCUT2D eigenvalue weighted by Gasteiger charge is -2.13. The molecular formula is C9H8ClN3O3. The van der Waals surface area contributed by atoms with Crippen molar-refractivity contribution in [3.63, 3.8) is 0 Å². The van der Waals surface area contributed by atoms with Gasteiger partial charge in [0.2, 0.25) is 11.7 Å². The van der Waals surface area contributed by atoms with Crippen LogP contribution < -0.4 is 4.90 Å². The molecule has 0 spiro atoms. The molecule has 16 heavy (non-hydrogen) atoms. The molecule has 0 bridgehead atoms. The Bertz CT molecular complexity index is 451. The molecule has 6 nitrogen and oxygen atoms in total. The van der Waals surface area contributed by atoms with Gasteiger partial charge < -0.3 is 0 Å². The minimum Gasteiger partial charge on any atom is -0.289 e. The lowest BCUT2D eigenvalue weighted by Crippen LogP contribution is -2.26. The van der Waals surface area contributed by atoms with Crippen molar-refractivity contribution in [2.24, 2.45) is 0 Å². The molecule has 0 saturated carbocycles. The van der Waals surface area contributed by atoms with Crippen LogP contribution in [0.15, 0.2) is 18.3 Å². The molecule has 0 N–H and O–H groups in total. The smallest absolute Gasteiger partial charge is 0.289 e. The number of aromatic nitrogens is 1. The quantitative estimate of drug-likeness (QED) is 0.445. The first-order valence-electron chi connectivity index (χ1n) is 4.63. The standard InChI is InChI=1S/C9H8ClN3O3/c10-6-4-8(14)12(5-6)9-7(13(15)16)2-1-3-11-9/h1-3,6H,4-5H2. The Hall–Kier alpha value is -1.69. The molecule has 0 radical (unpaired) electrons. The summed E-state index contributed by atoms with van der Waals surface area (Å²) in [5, 5.41) is 10.5. The largest absolute Gasteiger partial charge is 0.312 e. The topological polar surface area (TPSA) is 76.3 Å². The Kier molecular flexibility index (Phi) is 2.74. The Balaban J connectivity index is 2.40. The van der Waals surface area contributed by atoms with Crippen molar-refractivity contribution in [2.45, 2.75) is 11.8 Å². The number of halogens is 1. The second kappa shape index (κ2) is 4.05. The van der Waals surface area contributed by atoms with E-state index in [1.807, 2.05) is 0 Å². The summed E-state index contributed by atoms with van der Waals surface area (Å²) in [6, 6.07) is 2.78. The number of alkyl halides is 1. The Morgan fingerprint density at radius 1 is 1.62 bits per heavy atom. The van der Waals surface area contributed by atoms with Crippen molar-refractivity contribution < 1.29 is 9.72 Å². The Labute approximate surface area is 96.0 Å². The van der Waals surface area contributed by atoms with Crippen molar-refractivity contribution in [3.05, 3.63) is 28.4 Å². The molecule has 2 heterocycles. The molecular weight excluding hydrogens is 234 g/mol. The van der Waals surface area contributed by atoms with Crippen molar-refractivity contribution in [3.8, 4) is 0 Å². The zero-order valence-corrected chi connectivity index (χ0v) is 8.92. The van der Waals surface area contributed by atoms with Gasteiger partial charge in [0, 0.05) is 25.2 Å². The highest BCUT2D eigenvalue weighted by molar-refractivity contribution is 6.24. The molecule has 1 amide bonds. The minimum atomic E-state index is -0.558. The van der Waals surface area contributed by atoms with Gasteiger partial charge in [0.25, 0.3) is 0 Å². The van der Waals surface area contributed by atoms with E-state index in [9.17, 15) is 14.9 Å². The molecule has 0 aliphatic carbocycles. The molecule has 1 aliphatic heterocycles. The number of carbonyl (C=O) groups is 1. The predicted octanol–water partition coefficient (Wildman–Crippen LogP) is 1.33. The van der Waals surface area contributed by atoms with Crippen LogP contribution in [-0.2, 0) is 4.79 Å². The van der Waals surface area contributed by atoms with Crippen LogP contribution in [0, 0.1) is 10.1 Å². The van der Waals surface area contributed by atoms with Gasteiger partial charge in [-0.2, -0.15) is 0 Å². The van der Waals surface area contributed by atoms with Crippen LogP contribution in [0.2, 0.25) is 0 Å². The Morgan fingerprint density at radius 2 is 2.38 bits per heavy atom. The molecule has 1 aromatic heterocycles. The number of amides is 1. The summed E-state index contributed by atoms with van der Waals surface area (Å²) in [6.07, 6.45) is 1.60. The number of anilines is 1. The van der Waals surface area contributed by atoms with Gasteiger partial charge in [-0.1, -0.05) is 0 Å². The summed E-state index contributed by atoms with van der Waals surface area (Å²) >= 11 is 5.82. The molecule has 1 aromatic rings. The third-order valence-corrected chi connectivity index (χ3v) is 2.59. The lowest BCUT2D eigenvalue weighted by atomic mass is 10.3. The second-order valence-electron chi connectivity index (χ2n) is 3.41. The zero-order chi connectivity index (χ0) is 11.7. The first kappa shape index (κ1) is 10.8. The van der Waals surface area contributed by atoms with Crippen molar-refractivity contribution in [1.82, 2.24) is 4.98 Å². The van der Waals surface area contributed by atoms with E-state index in [2.05, 4.69) is 4.98 Å². The maximum absolute atomic E-state index is 11.5. The number of rotatable bonds is 2. The Morgan fingerprint density at radius 3 is 2.94 bits per heavy atom. The van der Waals surface area contributed by atoms with E-state index >= 15 is 0 Å². The highest BCUT2D eigenvalue weighted by Gasteiger charge is 2.33. The average Bonchev–Trinajstić information content (AvgIpc) is 2.57. The minimum absolute atomic E-state index is 0.0700. The second-order valence-corrected chi connectivity index (χ2v) is 4.03. The zero-order valence-electron chi connectivity index (χ0n) is 8.17. The fraction of sp³-hybridized carbons (Fsp3) is 0.333. The first-order chi connectivity index (χ1) is 7.59. The molecule has 1 atom stereocenters. The van der Waals surface area contributed by atoms with Crippen LogP contribution in [-0.4, -0.2) is 27.7 Å². The number of hydrogen-bond donors (Lipinski definition) is 0. The van der Waals surface area contributed by atoms with E-state index < -0.39 is 4.92 Å².